The highest BCUT2D eigenvalue weighted by Crippen LogP contribution is 2.10. The van der Waals surface area contributed by atoms with Crippen molar-refractivity contribution in [1.82, 2.24) is 9.97 Å². The summed E-state index contributed by atoms with van der Waals surface area (Å²) in [6.45, 7) is 8.66. The maximum absolute atomic E-state index is 5.53. The summed E-state index contributed by atoms with van der Waals surface area (Å²) in [6, 6.07) is 0. The molecule has 5 nitrogen and oxygen atoms in total. The molecule has 0 saturated carbocycles. The molecule has 3 N–H and O–H groups in total. The van der Waals surface area contributed by atoms with Gasteiger partial charge in [0.05, 0.1) is 0 Å². The quantitative estimate of drug-likeness (QED) is 0.709. The highest BCUT2D eigenvalue weighted by molar-refractivity contribution is 5.44. The first-order valence-corrected chi connectivity index (χ1v) is 6.00. The number of hydrogen-bond acceptors (Lipinski definition) is 5. The minimum atomic E-state index is 0.300. The fourth-order valence-corrected chi connectivity index (χ4v) is 1.33. The number of aromatic nitrogens is 2. The van der Waals surface area contributed by atoms with E-state index >= 15 is 0 Å². The van der Waals surface area contributed by atoms with E-state index in [2.05, 4.69) is 29.1 Å². The molecule has 1 aromatic rings. The van der Waals surface area contributed by atoms with E-state index in [1.165, 1.54) is 0 Å². The van der Waals surface area contributed by atoms with Crippen molar-refractivity contribution in [3.63, 3.8) is 0 Å². The summed E-state index contributed by atoms with van der Waals surface area (Å²) < 4.78 is 5.49. The van der Waals surface area contributed by atoms with Gasteiger partial charge in [0.15, 0.2) is 0 Å². The Bertz CT molecular complexity index is 341. The molecule has 1 rings (SSSR count). The van der Waals surface area contributed by atoms with Gasteiger partial charge in [-0.25, -0.2) is 4.98 Å². The number of hydrogen-bond donors (Lipinski definition) is 2. The first-order valence-electron chi connectivity index (χ1n) is 6.00. The van der Waals surface area contributed by atoms with Crippen molar-refractivity contribution >= 4 is 11.8 Å². The van der Waals surface area contributed by atoms with E-state index in [-0.39, 0.29) is 0 Å². The zero-order valence-corrected chi connectivity index (χ0v) is 10.9. The molecule has 0 aromatic carbocycles. The number of nitrogens with two attached hydrogens (primary N) is 1. The molecule has 0 bridgehead atoms. The Balaban J connectivity index is 2.20. The van der Waals surface area contributed by atoms with E-state index in [9.17, 15) is 0 Å². The van der Waals surface area contributed by atoms with E-state index in [4.69, 9.17) is 10.5 Å². The van der Waals surface area contributed by atoms with Crippen molar-refractivity contribution < 1.29 is 4.74 Å². The number of ether oxygens (including phenoxy) is 1. The van der Waals surface area contributed by atoms with E-state index in [0.717, 1.165) is 37.6 Å². The van der Waals surface area contributed by atoms with Gasteiger partial charge in [0.25, 0.3) is 0 Å². The molecule has 0 fully saturated rings. The largest absolute Gasteiger partial charge is 0.381 e. The summed E-state index contributed by atoms with van der Waals surface area (Å²) >= 11 is 0. The van der Waals surface area contributed by atoms with Crippen molar-refractivity contribution in [2.75, 3.05) is 30.8 Å². The van der Waals surface area contributed by atoms with Crippen LogP contribution in [0.1, 0.15) is 25.8 Å². The first-order chi connectivity index (χ1) is 8.09. The van der Waals surface area contributed by atoms with Crippen LogP contribution in [0.5, 0.6) is 0 Å². The Morgan fingerprint density at radius 1 is 1.47 bits per heavy atom. The van der Waals surface area contributed by atoms with Crippen LogP contribution in [0.4, 0.5) is 11.8 Å². The lowest BCUT2D eigenvalue weighted by Crippen LogP contribution is -2.11. The summed E-state index contributed by atoms with van der Waals surface area (Å²) in [5.74, 6) is 1.70. The van der Waals surface area contributed by atoms with E-state index in [0.29, 0.717) is 11.9 Å². The molecule has 0 aliphatic heterocycles. The minimum Gasteiger partial charge on any atom is -0.381 e. The standard InChI is InChI=1S/C12H22N4O/c1-9(2)8-17-6-4-5-14-11-10(3)7-15-12(13)16-11/h7,9H,4-6,8H2,1-3H3,(H3,13,14,15,16). The topological polar surface area (TPSA) is 73.1 Å². The van der Waals surface area contributed by atoms with Crippen LogP contribution in [0, 0.1) is 12.8 Å². The predicted molar refractivity (Wildman–Crippen MR) is 69.9 cm³/mol. The van der Waals surface area contributed by atoms with E-state index in [1.54, 1.807) is 6.20 Å². The van der Waals surface area contributed by atoms with Crippen LogP contribution in [0.3, 0.4) is 0 Å². The lowest BCUT2D eigenvalue weighted by Gasteiger charge is -2.09. The molecule has 0 spiro atoms. The van der Waals surface area contributed by atoms with Gasteiger partial charge in [0, 0.05) is 31.5 Å². The summed E-state index contributed by atoms with van der Waals surface area (Å²) in [5.41, 5.74) is 6.53. The van der Waals surface area contributed by atoms with Crippen molar-refractivity contribution in [1.29, 1.82) is 0 Å². The molecule has 96 valence electrons. The van der Waals surface area contributed by atoms with E-state index < -0.39 is 0 Å². The van der Waals surface area contributed by atoms with Crippen LogP contribution >= 0.6 is 0 Å². The van der Waals surface area contributed by atoms with E-state index in [1.807, 2.05) is 6.92 Å². The van der Waals surface area contributed by atoms with Crippen molar-refractivity contribution in [3.05, 3.63) is 11.8 Å². The first kappa shape index (κ1) is 13.7. The van der Waals surface area contributed by atoms with Gasteiger partial charge in [-0.15, -0.1) is 0 Å². The maximum Gasteiger partial charge on any atom is 0.221 e. The summed E-state index contributed by atoms with van der Waals surface area (Å²) in [7, 11) is 0. The molecule has 1 heterocycles. The highest BCUT2D eigenvalue weighted by atomic mass is 16.5. The molecule has 1 aromatic heterocycles. The second-order valence-electron chi connectivity index (χ2n) is 4.51. The van der Waals surface area contributed by atoms with Crippen molar-refractivity contribution in [3.8, 4) is 0 Å². The smallest absolute Gasteiger partial charge is 0.221 e. The van der Waals surface area contributed by atoms with Gasteiger partial charge in [0.2, 0.25) is 5.95 Å². The van der Waals surface area contributed by atoms with Gasteiger partial charge in [-0.1, -0.05) is 13.8 Å². The van der Waals surface area contributed by atoms with Crippen LogP contribution in [0.2, 0.25) is 0 Å². The third kappa shape index (κ3) is 5.49. The average Bonchev–Trinajstić information content (AvgIpc) is 2.27. The SMILES string of the molecule is Cc1cnc(N)nc1NCCCOCC(C)C. The lowest BCUT2D eigenvalue weighted by molar-refractivity contribution is 0.110. The van der Waals surface area contributed by atoms with Gasteiger partial charge in [-0.05, 0) is 19.3 Å². The molecule has 0 amide bonds. The molecular formula is C12H22N4O. The number of nitrogens with zero attached hydrogens (tertiary/aromatic N) is 2. The zero-order chi connectivity index (χ0) is 12.7. The summed E-state index contributed by atoms with van der Waals surface area (Å²) in [4.78, 5) is 8.05. The fourth-order valence-electron chi connectivity index (χ4n) is 1.33. The Morgan fingerprint density at radius 3 is 2.94 bits per heavy atom. The third-order valence-corrected chi connectivity index (χ3v) is 2.20. The fraction of sp³-hybridized carbons (Fsp3) is 0.667. The Morgan fingerprint density at radius 2 is 2.24 bits per heavy atom. The molecule has 17 heavy (non-hydrogen) atoms. The molecular weight excluding hydrogens is 216 g/mol. The van der Waals surface area contributed by atoms with Gasteiger partial charge in [-0.3, -0.25) is 0 Å². The number of nitrogen functional groups attached to an aromatic ring is 1. The molecule has 0 radical (unpaired) electrons. The van der Waals surface area contributed by atoms with Crippen molar-refractivity contribution in [2.24, 2.45) is 5.92 Å². The van der Waals surface area contributed by atoms with Crippen LogP contribution in [0.15, 0.2) is 6.20 Å². The lowest BCUT2D eigenvalue weighted by atomic mass is 10.2. The molecule has 0 unspecified atom stereocenters. The second-order valence-corrected chi connectivity index (χ2v) is 4.51. The van der Waals surface area contributed by atoms with Gasteiger partial charge < -0.3 is 15.8 Å². The Labute approximate surface area is 103 Å². The average molecular weight is 238 g/mol. The van der Waals surface area contributed by atoms with Crippen LogP contribution < -0.4 is 11.1 Å². The monoisotopic (exact) mass is 238 g/mol. The number of rotatable bonds is 7. The van der Waals surface area contributed by atoms with Gasteiger partial charge >= 0.3 is 0 Å². The molecule has 0 aliphatic carbocycles. The summed E-state index contributed by atoms with van der Waals surface area (Å²) in [5, 5.41) is 3.23. The number of aryl methyl sites for hydroxylation is 1. The Hall–Kier alpha value is -1.36. The second kappa shape index (κ2) is 7.06. The van der Waals surface area contributed by atoms with Crippen molar-refractivity contribution in [2.45, 2.75) is 27.2 Å². The van der Waals surface area contributed by atoms with Crippen LogP contribution in [-0.2, 0) is 4.74 Å². The van der Waals surface area contributed by atoms with Crippen LogP contribution in [0.25, 0.3) is 0 Å². The minimum absolute atomic E-state index is 0.300. The van der Waals surface area contributed by atoms with Gasteiger partial charge in [0.1, 0.15) is 5.82 Å². The number of nitrogens with one attached hydrogen (secondary N) is 1. The normalized spacial score (nSPS) is 10.8. The van der Waals surface area contributed by atoms with Gasteiger partial charge in [-0.2, -0.15) is 4.98 Å². The highest BCUT2D eigenvalue weighted by Gasteiger charge is 2.00. The molecule has 5 heteroatoms. The molecule has 0 atom stereocenters. The molecule has 0 saturated heterocycles. The summed E-state index contributed by atoms with van der Waals surface area (Å²) in [6.07, 6.45) is 2.68. The maximum atomic E-state index is 5.53. The zero-order valence-electron chi connectivity index (χ0n) is 10.9. The predicted octanol–water partition coefficient (Wildman–Crippen LogP) is 1.84. The third-order valence-electron chi connectivity index (χ3n) is 2.20. The van der Waals surface area contributed by atoms with Crippen LogP contribution in [-0.4, -0.2) is 29.7 Å². The molecule has 0 aliphatic rings. The number of anilines is 2. The Kier molecular flexibility index (Phi) is 5.69.